The summed E-state index contributed by atoms with van der Waals surface area (Å²) in [5.74, 6) is -0.503. The minimum Gasteiger partial charge on any atom is -0.323 e. The lowest BCUT2D eigenvalue weighted by molar-refractivity contribution is -0.384. The summed E-state index contributed by atoms with van der Waals surface area (Å²) in [6.07, 6.45) is 2.23. The molecule has 8 heteroatoms. The van der Waals surface area contributed by atoms with Crippen LogP contribution in [0.1, 0.15) is 29.6 Å². The minimum atomic E-state index is -0.642. The largest absolute Gasteiger partial charge is 0.323 e. The van der Waals surface area contributed by atoms with E-state index >= 15 is 0 Å². The van der Waals surface area contributed by atoms with E-state index in [4.69, 9.17) is 28.5 Å². The van der Waals surface area contributed by atoms with E-state index in [1.807, 2.05) is 0 Å². The number of hydrogen-bond acceptors (Lipinski definition) is 4. The Morgan fingerprint density at radius 1 is 1.43 bits per heavy atom. The molecule has 1 heterocycles. The topological polar surface area (TPSA) is 87.2 Å². The second-order valence-electron chi connectivity index (χ2n) is 4.69. The Bertz CT molecular complexity index is 642. The normalized spacial score (nSPS) is 18.1. The number of rotatable bonds is 2. The molecular formula is C13H11Cl2N3O3. The van der Waals surface area contributed by atoms with Crippen molar-refractivity contribution in [1.82, 2.24) is 4.90 Å². The van der Waals surface area contributed by atoms with E-state index in [1.165, 1.54) is 4.90 Å². The number of piperidine rings is 1. The van der Waals surface area contributed by atoms with Gasteiger partial charge in [0.25, 0.3) is 11.6 Å². The highest BCUT2D eigenvalue weighted by Gasteiger charge is 2.30. The van der Waals surface area contributed by atoms with Crippen LogP contribution in [0.4, 0.5) is 5.69 Å². The number of amides is 1. The van der Waals surface area contributed by atoms with Crippen molar-refractivity contribution in [1.29, 1.82) is 5.26 Å². The van der Waals surface area contributed by atoms with Gasteiger partial charge in [0.1, 0.15) is 6.04 Å². The van der Waals surface area contributed by atoms with Gasteiger partial charge in [0.05, 0.1) is 26.6 Å². The first-order chi connectivity index (χ1) is 9.95. The number of hydrogen-bond donors (Lipinski definition) is 0. The van der Waals surface area contributed by atoms with Gasteiger partial charge in [0, 0.05) is 18.7 Å². The van der Waals surface area contributed by atoms with Crippen molar-refractivity contribution in [2.24, 2.45) is 0 Å². The van der Waals surface area contributed by atoms with Crippen LogP contribution in [0.2, 0.25) is 10.0 Å². The average molecular weight is 328 g/mol. The minimum absolute atomic E-state index is 0.0328. The van der Waals surface area contributed by atoms with E-state index in [-0.39, 0.29) is 21.3 Å². The summed E-state index contributed by atoms with van der Waals surface area (Å²) in [5, 5.41) is 19.9. The van der Waals surface area contributed by atoms with Crippen LogP contribution >= 0.6 is 23.2 Å². The van der Waals surface area contributed by atoms with Gasteiger partial charge in [-0.05, 0) is 19.3 Å². The number of halogens is 2. The van der Waals surface area contributed by atoms with Gasteiger partial charge in [-0.1, -0.05) is 23.2 Å². The van der Waals surface area contributed by atoms with Gasteiger partial charge in [-0.3, -0.25) is 14.9 Å². The summed E-state index contributed by atoms with van der Waals surface area (Å²) in [6, 6.07) is 3.72. The van der Waals surface area contributed by atoms with Gasteiger partial charge < -0.3 is 4.90 Å². The first-order valence-corrected chi connectivity index (χ1v) is 7.05. The van der Waals surface area contributed by atoms with Crippen molar-refractivity contribution in [2.75, 3.05) is 6.54 Å². The lowest BCUT2D eigenvalue weighted by Gasteiger charge is -2.31. The van der Waals surface area contributed by atoms with Crippen LogP contribution in [-0.4, -0.2) is 28.3 Å². The molecule has 1 aliphatic rings. The molecule has 1 aromatic carbocycles. The molecule has 2 rings (SSSR count). The van der Waals surface area contributed by atoms with Gasteiger partial charge in [0.2, 0.25) is 0 Å². The summed E-state index contributed by atoms with van der Waals surface area (Å²) in [4.78, 5) is 24.1. The van der Waals surface area contributed by atoms with E-state index in [9.17, 15) is 14.9 Å². The quantitative estimate of drug-likeness (QED) is 0.615. The second kappa shape index (κ2) is 6.29. The fraction of sp³-hybridized carbons (Fsp3) is 0.385. The summed E-state index contributed by atoms with van der Waals surface area (Å²) >= 11 is 11.8. The summed E-state index contributed by atoms with van der Waals surface area (Å²) < 4.78 is 0. The van der Waals surface area contributed by atoms with E-state index in [2.05, 4.69) is 6.07 Å². The number of nitrogens with zero attached hydrogens (tertiary/aromatic N) is 3. The van der Waals surface area contributed by atoms with Crippen molar-refractivity contribution < 1.29 is 9.72 Å². The van der Waals surface area contributed by atoms with Crippen LogP contribution in [0.3, 0.4) is 0 Å². The molecule has 21 heavy (non-hydrogen) atoms. The van der Waals surface area contributed by atoms with Crippen LogP contribution in [-0.2, 0) is 0 Å². The molecule has 0 aromatic heterocycles. The number of nitro groups is 1. The predicted octanol–water partition coefficient (Wildman–Crippen LogP) is 3.42. The number of nitro benzene ring substituents is 1. The Labute approximate surface area is 131 Å². The molecule has 1 aromatic rings. The van der Waals surface area contributed by atoms with Crippen LogP contribution < -0.4 is 0 Å². The van der Waals surface area contributed by atoms with E-state index < -0.39 is 16.9 Å². The van der Waals surface area contributed by atoms with Crippen molar-refractivity contribution >= 4 is 34.8 Å². The molecule has 0 N–H and O–H groups in total. The maximum absolute atomic E-state index is 12.5. The van der Waals surface area contributed by atoms with Crippen molar-refractivity contribution in [3.63, 3.8) is 0 Å². The Morgan fingerprint density at radius 2 is 2.14 bits per heavy atom. The zero-order chi connectivity index (χ0) is 15.6. The molecule has 1 atom stereocenters. The number of likely N-dealkylation sites (tertiary alicyclic amines) is 1. The van der Waals surface area contributed by atoms with Crippen LogP contribution in [0.25, 0.3) is 0 Å². The lowest BCUT2D eigenvalue weighted by Crippen LogP contribution is -2.43. The lowest BCUT2D eigenvalue weighted by atomic mass is 10.0. The zero-order valence-corrected chi connectivity index (χ0v) is 12.4. The molecule has 1 amide bonds. The maximum Gasteiger partial charge on any atom is 0.271 e. The van der Waals surface area contributed by atoms with Gasteiger partial charge in [-0.2, -0.15) is 5.26 Å². The number of nitriles is 1. The molecule has 1 fully saturated rings. The third-order valence-corrected chi connectivity index (χ3v) is 4.17. The SMILES string of the molecule is N#CC1CCCCN1C(=O)c1cc([N+](=O)[O-])cc(Cl)c1Cl. The third-order valence-electron chi connectivity index (χ3n) is 3.37. The maximum atomic E-state index is 12.5. The first-order valence-electron chi connectivity index (χ1n) is 6.29. The van der Waals surface area contributed by atoms with Gasteiger partial charge in [0.15, 0.2) is 0 Å². The summed E-state index contributed by atoms with van der Waals surface area (Å²) in [6.45, 7) is 0.424. The van der Waals surface area contributed by atoms with Crippen molar-refractivity contribution in [3.8, 4) is 6.07 Å². The Morgan fingerprint density at radius 3 is 2.76 bits per heavy atom. The number of carbonyl (C=O) groups is 1. The highest BCUT2D eigenvalue weighted by molar-refractivity contribution is 6.44. The monoisotopic (exact) mass is 327 g/mol. The Balaban J connectivity index is 2.43. The molecule has 0 aliphatic carbocycles. The molecule has 1 aliphatic heterocycles. The summed E-state index contributed by atoms with van der Waals surface area (Å²) in [7, 11) is 0. The molecule has 0 saturated carbocycles. The number of non-ortho nitro benzene ring substituents is 1. The molecule has 110 valence electrons. The summed E-state index contributed by atoms with van der Waals surface area (Å²) in [5.41, 5.74) is -0.351. The van der Waals surface area contributed by atoms with Crippen LogP contribution in [0.15, 0.2) is 12.1 Å². The standard InChI is InChI=1S/C13H11Cl2N3O3/c14-11-6-9(18(20)21)5-10(12(11)15)13(19)17-4-2-1-3-8(17)7-16/h5-6,8H,1-4H2. The molecule has 6 nitrogen and oxygen atoms in total. The smallest absolute Gasteiger partial charge is 0.271 e. The Kier molecular flexibility index (Phi) is 4.66. The molecule has 1 unspecified atom stereocenters. The first kappa shape index (κ1) is 15.5. The fourth-order valence-electron chi connectivity index (χ4n) is 2.30. The molecule has 0 spiro atoms. The second-order valence-corrected chi connectivity index (χ2v) is 5.47. The van der Waals surface area contributed by atoms with E-state index in [1.54, 1.807) is 0 Å². The zero-order valence-electron chi connectivity index (χ0n) is 10.9. The van der Waals surface area contributed by atoms with E-state index in [0.717, 1.165) is 25.0 Å². The fourth-order valence-corrected chi connectivity index (χ4v) is 2.70. The van der Waals surface area contributed by atoms with Crippen LogP contribution in [0, 0.1) is 21.4 Å². The van der Waals surface area contributed by atoms with Gasteiger partial charge >= 0.3 is 0 Å². The van der Waals surface area contributed by atoms with Crippen LogP contribution in [0.5, 0.6) is 0 Å². The molecule has 0 bridgehead atoms. The van der Waals surface area contributed by atoms with Crippen molar-refractivity contribution in [2.45, 2.75) is 25.3 Å². The molecule has 0 radical (unpaired) electrons. The molecule has 1 saturated heterocycles. The van der Waals surface area contributed by atoms with Gasteiger partial charge in [-0.25, -0.2) is 0 Å². The molecular weight excluding hydrogens is 317 g/mol. The highest BCUT2D eigenvalue weighted by atomic mass is 35.5. The number of benzene rings is 1. The van der Waals surface area contributed by atoms with E-state index in [0.29, 0.717) is 13.0 Å². The highest BCUT2D eigenvalue weighted by Crippen LogP contribution is 2.32. The predicted molar refractivity (Wildman–Crippen MR) is 77.4 cm³/mol. The Hall–Kier alpha value is -1.84. The van der Waals surface area contributed by atoms with Crippen molar-refractivity contribution in [3.05, 3.63) is 37.9 Å². The van der Waals surface area contributed by atoms with Gasteiger partial charge in [-0.15, -0.1) is 0 Å². The third kappa shape index (κ3) is 3.09. The average Bonchev–Trinajstić information content (AvgIpc) is 2.48. The number of carbonyl (C=O) groups excluding carboxylic acids is 1.